The smallest absolute Gasteiger partial charge is 0.316 e. The van der Waals surface area contributed by atoms with Gasteiger partial charge >= 0.3 is 5.56 Å². The number of hydrogen-bond acceptors (Lipinski definition) is 7. The summed E-state index contributed by atoms with van der Waals surface area (Å²) in [5.41, 5.74) is 3.55. The predicted molar refractivity (Wildman–Crippen MR) is 148 cm³/mol. The molecule has 4 aromatic rings. The van der Waals surface area contributed by atoms with Crippen molar-refractivity contribution in [1.29, 1.82) is 0 Å². The average molecular weight is 533 g/mol. The lowest BCUT2D eigenvalue weighted by Gasteiger charge is -2.36. The van der Waals surface area contributed by atoms with Gasteiger partial charge in [-0.3, -0.25) is 9.69 Å². The minimum atomic E-state index is -0.377. The molecule has 1 saturated heterocycles. The van der Waals surface area contributed by atoms with Crippen molar-refractivity contribution in [3.05, 3.63) is 99.9 Å². The summed E-state index contributed by atoms with van der Waals surface area (Å²) in [5, 5.41) is 24.0. The van der Waals surface area contributed by atoms with E-state index in [0.29, 0.717) is 41.8 Å². The number of β-amino-alcohol motifs (C(OH)–C–C–N with tert-alkyl or cyclic N) is 1. The van der Waals surface area contributed by atoms with Crippen molar-refractivity contribution in [2.45, 2.75) is 6.61 Å². The first kappa shape index (κ1) is 25.9. The number of aliphatic hydroxyl groups is 2. The zero-order valence-electron chi connectivity index (χ0n) is 20.8. The van der Waals surface area contributed by atoms with E-state index >= 15 is 0 Å². The van der Waals surface area contributed by atoms with E-state index in [9.17, 15) is 15.0 Å². The molecule has 196 valence electrons. The average Bonchev–Trinajstić information content (AvgIpc) is 2.96. The van der Waals surface area contributed by atoms with Gasteiger partial charge in [0.2, 0.25) is 5.75 Å². The molecular weight excluding hydrogens is 504 g/mol. The van der Waals surface area contributed by atoms with Gasteiger partial charge in [-0.1, -0.05) is 48.0 Å². The summed E-state index contributed by atoms with van der Waals surface area (Å²) in [6.07, 6.45) is 1.67. The van der Waals surface area contributed by atoms with E-state index < -0.39 is 0 Å². The van der Waals surface area contributed by atoms with Crippen LogP contribution in [0.5, 0.6) is 11.5 Å². The molecule has 3 aromatic carbocycles. The number of hydrogen-bond donors (Lipinski definition) is 2. The van der Waals surface area contributed by atoms with Crippen molar-refractivity contribution in [1.82, 2.24) is 14.7 Å². The van der Waals surface area contributed by atoms with Gasteiger partial charge in [0.25, 0.3) is 0 Å². The molecule has 0 amide bonds. The molecule has 1 aromatic heterocycles. The first-order chi connectivity index (χ1) is 18.6. The number of aromatic nitrogens is 2. The second-order valence-electron chi connectivity index (χ2n) is 9.05. The third-order valence-corrected chi connectivity index (χ3v) is 6.94. The summed E-state index contributed by atoms with van der Waals surface area (Å²) < 4.78 is 7.57. The van der Waals surface area contributed by atoms with Crippen molar-refractivity contribution < 1.29 is 14.9 Å². The van der Waals surface area contributed by atoms with Crippen molar-refractivity contribution in [2.75, 3.05) is 44.2 Å². The fourth-order valence-electron chi connectivity index (χ4n) is 4.63. The molecule has 2 heterocycles. The lowest BCUT2D eigenvalue weighted by atomic mass is 10.0. The molecule has 0 saturated carbocycles. The fourth-order valence-corrected chi connectivity index (χ4v) is 4.76. The Morgan fingerprint density at radius 1 is 0.895 bits per heavy atom. The van der Waals surface area contributed by atoms with Crippen molar-refractivity contribution >= 4 is 17.3 Å². The van der Waals surface area contributed by atoms with E-state index in [1.54, 1.807) is 30.5 Å². The summed E-state index contributed by atoms with van der Waals surface area (Å²) in [6.45, 7) is 3.58. The van der Waals surface area contributed by atoms with Crippen LogP contribution in [0.1, 0.15) is 5.56 Å². The zero-order chi connectivity index (χ0) is 26.5. The van der Waals surface area contributed by atoms with Gasteiger partial charge in [-0.05, 0) is 53.1 Å². The van der Waals surface area contributed by atoms with E-state index in [2.05, 4.69) is 14.9 Å². The monoisotopic (exact) mass is 532 g/mol. The van der Waals surface area contributed by atoms with Crippen LogP contribution in [0, 0.1) is 0 Å². The maximum absolute atomic E-state index is 13.7. The highest BCUT2D eigenvalue weighted by atomic mass is 35.5. The molecule has 0 bridgehead atoms. The molecule has 2 N–H and O–H groups in total. The van der Waals surface area contributed by atoms with Gasteiger partial charge in [0.15, 0.2) is 0 Å². The molecule has 1 aliphatic heterocycles. The zero-order valence-corrected chi connectivity index (χ0v) is 21.6. The summed E-state index contributed by atoms with van der Waals surface area (Å²) in [5.74, 6) is 0.704. The van der Waals surface area contributed by atoms with E-state index in [0.717, 1.165) is 29.8 Å². The number of aliphatic hydroxyl groups excluding tert-OH is 2. The van der Waals surface area contributed by atoms with E-state index in [1.165, 1.54) is 4.68 Å². The number of piperazine rings is 1. The minimum absolute atomic E-state index is 0.0510. The number of halogens is 1. The van der Waals surface area contributed by atoms with Crippen LogP contribution < -0.4 is 15.2 Å². The van der Waals surface area contributed by atoms with Gasteiger partial charge < -0.3 is 19.8 Å². The third-order valence-electron chi connectivity index (χ3n) is 6.69. The Bertz CT molecular complexity index is 1430. The molecule has 1 aliphatic rings. The third kappa shape index (κ3) is 5.58. The Kier molecular flexibility index (Phi) is 8.05. The largest absolute Gasteiger partial charge is 0.449 e. The van der Waals surface area contributed by atoms with Crippen LogP contribution in [0.4, 0.5) is 5.69 Å². The van der Waals surface area contributed by atoms with Crippen LogP contribution in [0.2, 0.25) is 5.02 Å². The lowest BCUT2D eigenvalue weighted by Crippen LogP contribution is -2.47. The van der Waals surface area contributed by atoms with Crippen LogP contribution >= 0.6 is 11.6 Å². The van der Waals surface area contributed by atoms with E-state index in [4.69, 9.17) is 16.3 Å². The molecule has 8 nitrogen and oxygen atoms in total. The molecule has 0 unspecified atom stereocenters. The van der Waals surface area contributed by atoms with Gasteiger partial charge in [-0.2, -0.15) is 9.78 Å². The highest BCUT2D eigenvalue weighted by Crippen LogP contribution is 2.32. The van der Waals surface area contributed by atoms with Crippen molar-refractivity contribution in [2.24, 2.45) is 0 Å². The van der Waals surface area contributed by atoms with Crippen LogP contribution in [-0.2, 0) is 6.61 Å². The van der Waals surface area contributed by atoms with E-state index in [1.807, 2.05) is 48.5 Å². The summed E-state index contributed by atoms with van der Waals surface area (Å²) in [7, 11) is 0. The molecule has 1 fully saturated rings. The number of ether oxygens (including phenoxy) is 1. The first-order valence-corrected chi connectivity index (χ1v) is 12.9. The van der Waals surface area contributed by atoms with Crippen molar-refractivity contribution in [3.8, 4) is 28.3 Å². The maximum Gasteiger partial charge on any atom is 0.316 e. The van der Waals surface area contributed by atoms with Gasteiger partial charge in [-0.15, -0.1) is 0 Å². The number of nitrogens with zero attached hydrogens (tertiary/aromatic N) is 4. The number of anilines is 1. The molecule has 0 atom stereocenters. The van der Waals surface area contributed by atoms with Crippen LogP contribution in [0.25, 0.3) is 16.8 Å². The number of benzene rings is 3. The van der Waals surface area contributed by atoms with Crippen LogP contribution in [0.15, 0.2) is 83.8 Å². The van der Waals surface area contributed by atoms with Gasteiger partial charge in [0.1, 0.15) is 11.4 Å². The summed E-state index contributed by atoms with van der Waals surface area (Å²) in [4.78, 5) is 18.0. The predicted octanol–water partition coefficient (Wildman–Crippen LogP) is 3.95. The normalized spacial score (nSPS) is 14.0. The Labute approximate surface area is 225 Å². The van der Waals surface area contributed by atoms with Crippen LogP contribution in [0.3, 0.4) is 0 Å². The Balaban J connectivity index is 1.49. The molecular formula is C29H29ClN4O4. The molecule has 38 heavy (non-hydrogen) atoms. The summed E-state index contributed by atoms with van der Waals surface area (Å²) >= 11 is 6.04. The molecule has 9 heteroatoms. The molecule has 0 spiro atoms. The minimum Gasteiger partial charge on any atom is -0.449 e. The standard InChI is InChI=1S/C29H29ClN4O4/c30-23-7-9-24(10-8-23)34-29(37)28(27(19-31-34)33-15-13-32(14-16-33)17-18-35)38-25-11-5-21(6-12-25)26-4-2-1-3-22(26)20-36/h1-12,19,35-36H,13-18,20H2. The second kappa shape index (κ2) is 11.8. The van der Waals surface area contributed by atoms with Gasteiger partial charge in [0.05, 0.1) is 25.1 Å². The Morgan fingerprint density at radius 3 is 2.29 bits per heavy atom. The summed E-state index contributed by atoms with van der Waals surface area (Å²) in [6, 6.07) is 22.0. The molecule has 0 aliphatic carbocycles. The lowest BCUT2D eigenvalue weighted by molar-refractivity contribution is 0.188. The topological polar surface area (TPSA) is 91.1 Å². The fraction of sp³-hybridized carbons (Fsp3) is 0.241. The van der Waals surface area contributed by atoms with Gasteiger partial charge in [0, 0.05) is 37.7 Å². The van der Waals surface area contributed by atoms with Crippen molar-refractivity contribution in [3.63, 3.8) is 0 Å². The van der Waals surface area contributed by atoms with Crippen LogP contribution in [-0.4, -0.2) is 64.2 Å². The highest BCUT2D eigenvalue weighted by Gasteiger charge is 2.24. The first-order valence-electron chi connectivity index (χ1n) is 12.5. The number of rotatable bonds is 8. The quantitative estimate of drug-likeness (QED) is 0.355. The van der Waals surface area contributed by atoms with E-state index in [-0.39, 0.29) is 24.5 Å². The Morgan fingerprint density at radius 2 is 1.61 bits per heavy atom. The highest BCUT2D eigenvalue weighted by molar-refractivity contribution is 6.30. The van der Waals surface area contributed by atoms with Gasteiger partial charge in [-0.25, -0.2) is 0 Å². The SMILES string of the molecule is O=c1c(Oc2ccc(-c3ccccc3CO)cc2)c(N2CCN(CCO)CC2)cnn1-c1ccc(Cl)cc1. The maximum atomic E-state index is 13.7. The Hall–Kier alpha value is -3.69. The second-order valence-corrected chi connectivity index (χ2v) is 9.48. The molecule has 5 rings (SSSR count). The molecule has 0 radical (unpaired) electrons.